The van der Waals surface area contributed by atoms with E-state index in [-0.39, 0.29) is 12.0 Å². The van der Waals surface area contributed by atoms with Crippen LogP contribution >= 0.6 is 0 Å². The molecule has 31 heavy (non-hydrogen) atoms. The summed E-state index contributed by atoms with van der Waals surface area (Å²) in [5.41, 5.74) is 7.02. The molecule has 1 atom stereocenters. The smallest absolute Gasteiger partial charge is 0.251 e. The molecule has 1 amide bonds. The number of hydrogen-bond donors (Lipinski definition) is 1. The van der Waals surface area contributed by atoms with Gasteiger partial charge in [0.25, 0.3) is 5.91 Å². The molecular formula is C27H32N2O2. The highest BCUT2D eigenvalue weighted by molar-refractivity contribution is 5.94. The van der Waals surface area contributed by atoms with Crippen LogP contribution in [-0.4, -0.2) is 16.6 Å². The summed E-state index contributed by atoms with van der Waals surface area (Å²) in [7, 11) is 0. The van der Waals surface area contributed by atoms with E-state index in [1.54, 1.807) is 0 Å². The van der Waals surface area contributed by atoms with Crippen LogP contribution in [0.3, 0.4) is 0 Å². The van der Waals surface area contributed by atoms with Gasteiger partial charge >= 0.3 is 0 Å². The molecule has 0 aliphatic heterocycles. The molecule has 0 bridgehead atoms. The van der Waals surface area contributed by atoms with Crippen molar-refractivity contribution in [2.75, 3.05) is 0 Å². The van der Waals surface area contributed by atoms with Gasteiger partial charge in [0.1, 0.15) is 5.75 Å². The molecule has 0 saturated carbocycles. The highest BCUT2D eigenvalue weighted by atomic mass is 16.5. The van der Waals surface area contributed by atoms with Crippen LogP contribution in [0.2, 0.25) is 0 Å². The lowest BCUT2D eigenvalue weighted by atomic mass is 9.89. The fraction of sp³-hybridized carbons (Fsp3) is 0.370. The Balaban J connectivity index is 1.41. The van der Waals surface area contributed by atoms with Crippen LogP contribution in [0.25, 0.3) is 5.69 Å². The third-order valence-corrected chi connectivity index (χ3v) is 5.95. The topological polar surface area (TPSA) is 43.3 Å². The maximum absolute atomic E-state index is 12.6. The van der Waals surface area contributed by atoms with Crippen molar-refractivity contribution in [3.05, 3.63) is 82.7 Å². The summed E-state index contributed by atoms with van der Waals surface area (Å²) in [5, 5.41) is 3.01. The van der Waals surface area contributed by atoms with Crippen LogP contribution in [0.4, 0.5) is 0 Å². The van der Waals surface area contributed by atoms with Crippen LogP contribution in [0.15, 0.2) is 54.6 Å². The lowest BCUT2D eigenvalue weighted by Crippen LogP contribution is -2.22. The molecule has 0 spiro atoms. The van der Waals surface area contributed by atoms with Crippen molar-refractivity contribution in [1.82, 2.24) is 9.88 Å². The number of nitrogens with one attached hydrogen (secondary N) is 1. The van der Waals surface area contributed by atoms with E-state index >= 15 is 0 Å². The van der Waals surface area contributed by atoms with Crippen molar-refractivity contribution in [3.63, 3.8) is 0 Å². The van der Waals surface area contributed by atoms with Gasteiger partial charge in [-0.1, -0.05) is 19.1 Å². The normalized spacial score (nSPS) is 15.6. The Bertz CT molecular complexity index is 1050. The van der Waals surface area contributed by atoms with E-state index in [1.807, 2.05) is 50.2 Å². The van der Waals surface area contributed by atoms with E-state index in [2.05, 4.69) is 41.9 Å². The minimum Gasteiger partial charge on any atom is -0.491 e. The second kappa shape index (κ2) is 9.01. The van der Waals surface area contributed by atoms with E-state index in [9.17, 15) is 4.79 Å². The maximum Gasteiger partial charge on any atom is 0.251 e. The molecule has 3 aromatic rings. The molecule has 4 nitrogen and oxygen atoms in total. The Kier molecular flexibility index (Phi) is 6.17. The monoisotopic (exact) mass is 416 g/mol. The van der Waals surface area contributed by atoms with Crippen LogP contribution in [0.1, 0.15) is 60.1 Å². The molecule has 1 aliphatic carbocycles. The number of fused-ring (bicyclic) bond motifs is 1. The Morgan fingerprint density at radius 1 is 1.13 bits per heavy atom. The molecule has 4 rings (SSSR count). The first-order valence-corrected chi connectivity index (χ1v) is 11.2. The Labute approximate surface area is 185 Å². The predicted molar refractivity (Wildman–Crippen MR) is 125 cm³/mol. The van der Waals surface area contributed by atoms with E-state index in [1.165, 1.54) is 23.4 Å². The second-order valence-corrected chi connectivity index (χ2v) is 8.98. The molecule has 2 aromatic carbocycles. The van der Waals surface area contributed by atoms with Crippen molar-refractivity contribution >= 4 is 5.91 Å². The maximum atomic E-state index is 12.6. The lowest BCUT2D eigenvalue weighted by Gasteiger charge is -2.21. The van der Waals surface area contributed by atoms with Crippen molar-refractivity contribution < 1.29 is 9.53 Å². The third-order valence-electron chi connectivity index (χ3n) is 5.95. The first kappa shape index (κ1) is 21.2. The number of carbonyl (C=O) groups excluding carboxylic acids is 1. The number of aryl methyl sites for hydroxylation is 1. The highest BCUT2D eigenvalue weighted by Crippen LogP contribution is 2.30. The van der Waals surface area contributed by atoms with Gasteiger partial charge in [-0.15, -0.1) is 0 Å². The van der Waals surface area contributed by atoms with Crippen LogP contribution in [0, 0.1) is 12.8 Å². The van der Waals surface area contributed by atoms with Crippen LogP contribution in [-0.2, 0) is 19.4 Å². The van der Waals surface area contributed by atoms with E-state index < -0.39 is 0 Å². The molecule has 162 valence electrons. The highest BCUT2D eigenvalue weighted by Gasteiger charge is 2.21. The number of carbonyl (C=O) groups is 1. The van der Waals surface area contributed by atoms with Crippen molar-refractivity contribution in [2.45, 2.75) is 59.6 Å². The molecule has 0 radical (unpaired) electrons. The van der Waals surface area contributed by atoms with E-state index in [4.69, 9.17) is 4.74 Å². The van der Waals surface area contributed by atoms with Crippen molar-refractivity contribution in [3.8, 4) is 11.4 Å². The zero-order chi connectivity index (χ0) is 22.0. The summed E-state index contributed by atoms with van der Waals surface area (Å²) in [6.45, 7) is 9.00. The summed E-state index contributed by atoms with van der Waals surface area (Å²) in [6, 6.07) is 18.1. The Morgan fingerprint density at radius 2 is 1.84 bits per heavy atom. The molecule has 1 aromatic heterocycles. The number of ether oxygens (including phenoxy) is 1. The standard InChI is InChI=1S/C27H32N2O2/c1-18(2)31-25-12-6-21(7-13-25)17-28-27(30)22-8-10-24(11-9-22)29-20(4)16-23-15-19(3)5-14-26(23)29/h6-13,16,18-19H,5,14-15,17H2,1-4H3,(H,28,30)/t19-/m1/s1. The summed E-state index contributed by atoms with van der Waals surface area (Å²) in [6.07, 6.45) is 3.67. The molecular weight excluding hydrogens is 384 g/mol. The van der Waals surface area contributed by atoms with Gasteiger partial charge in [0.15, 0.2) is 0 Å². The van der Waals surface area contributed by atoms with Gasteiger partial charge in [-0.3, -0.25) is 4.79 Å². The first-order valence-electron chi connectivity index (χ1n) is 11.2. The quantitative estimate of drug-likeness (QED) is 0.566. The third kappa shape index (κ3) is 4.84. The fourth-order valence-electron chi connectivity index (χ4n) is 4.43. The summed E-state index contributed by atoms with van der Waals surface area (Å²) < 4.78 is 8.02. The van der Waals surface area contributed by atoms with Gasteiger partial charge in [0.2, 0.25) is 0 Å². The molecule has 1 heterocycles. The summed E-state index contributed by atoms with van der Waals surface area (Å²) >= 11 is 0. The molecule has 0 saturated heterocycles. The number of benzene rings is 2. The average molecular weight is 417 g/mol. The van der Waals surface area contributed by atoms with Gasteiger partial charge in [0.05, 0.1) is 6.10 Å². The molecule has 1 N–H and O–H groups in total. The van der Waals surface area contributed by atoms with E-state index in [0.717, 1.165) is 35.8 Å². The van der Waals surface area contributed by atoms with Crippen LogP contribution in [0.5, 0.6) is 5.75 Å². The summed E-state index contributed by atoms with van der Waals surface area (Å²) in [4.78, 5) is 12.6. The molecule has 1 aliphatic rings. The van der Waals surface area contributed by atoms with E-state index in [0.29, 0.717) is 12.1 Å². The number of hydrogen-bond acceptors (Lipinski definition) is 2. The minimum absolute atomic E-state index is 0.0610. The SMILES string of the molecule is Cc1cc2c(n1-c1ccc(C(=O)NCc3ccc(OC(C)C)cc3)cc1)CC[C@@H](C)C2. The number of rotatable bonds is 6. The predicted octanol–water partition coefficient (Wildman–Crippen LogP) is 5.63. The fourth-order valence-corrected chi connectivity index (χ4v) is 4.43. The Hall–Kier alpha value is -3.01. The Morgan fingerprint density at radius 3 is 2.52 bits per heavy atom. The van der Waals surface area contributed by atoms with Gasteiger partial charge < -0.3 is 14.6 Å². The van der Waals surface area contributed by atoms with Crippen molar-refractivity contribution in [2.24, 2.45) is 5.92 Å². The van der Waals surface area contributed by atoms with Gasteiger partial charge in [-0.05, 0) is 99.5 Å². The largest absolute Gasteiger partial charge is 0.491 e. The number of amides is 1. The summed E-state index contributed by atoms with van der Waals surface area (Å²) in [5.74, 6) is 1.54. The lowest BCUT2D eigenvalue weighted by molar-refractivity contribution is 0.0951. The molecule has 4 heteroatoms. The van der Waals surface area contributed by atoms with Gasteiger partial charge in [-0.25, -0.2) is 0 Å². The molecule has 0 unspecified atom stereocenters. The zero-order valence-electron chi connectivity index (χ0n) is 18.9. The number of nitrogens with zero attached hydrogens (tertiary/aromatic N) is 1. The minimum atomic E-state index is -0.0610. The van der Waals surface area contributed by atoms with Crippen LogP contribution < -0.4 is 10.1 Å². The average Bonchev–Trinajstić information content (AvgIpc) is 3.07. The number of aromatic nitrogens is 1. The zero-order valence-corrected chi connectivity index (χ0v) is 18.9. The first-order chi connectivity index (χ1) is 14.9. The van der Waals surface area contributed by atoms with Gasteiger partial charge in [-0.2, -0.15) is 0 Å². The van der Waals surface area contributed by atoms with Crippen molar-refractivity contribution in [1.29, 1.82) is 0 Å². The second-order valence-electron chi connectivity index (χ2n) is 8.98. The van der Waals surface area contributed by atoms with Gasteiger partial charge in [0, 0.05) is 29.2 Å². The molecule has 0 fully saturated rings.